The maximum atomic E-state index is 12.7. The van der Waals surface area contributed by atoms with Crippen LogP contribution in [0.4, 0.5) is 0 Å². The minimum Gasteiger partial charge on any atom is -0.462 e. The quantitative estimate of drug-likeness (QED) is 0.0264. The average Bonchev–Trinajstić information content (AvgIpc) is 3.30. The molecule has 0 aromatic carbocycles. The van der Waals surface area contributed by atoms with Crippen molar-refractivity contribution in [3.8, 4) is 0 Å². The highest BCUT2D eigenvalue weighted by Gasteiger charge is 2.26. The van der Waals surface area contributed by atoms with Gasteiger partial charge in [0.15, 0.2) is 6.10 Å². The summed E-state index contributed by atoms with van der Waals surface area (Å²) in [5, 5.41) is 0. The molecule has 0 radical (unpaired) electrons. The van der Waals surface area contributed by atoms with Crippen LogP contribution in [0.2, 0.25) is 0 Å². The number of hydrogen-bond donors (Lipinski definition) is 2. The first kappa shape index (κ1) is 63.5. The maximum absolute atomic E-state index is 12.7. The molecule has 0 bridgehead atoms. The molecule has 2 unspecified atom stereocenters. The van der Waals surface area contributed by atoms with Crippen LogP contribution in [-0.4, -0.2) is 49.3 Å². The van der Waals surface area contributed by atoms with E-state index < -0.39 is 26.5 Å². The zero-order chi connectivity index (χ0) is 47.4. The molecule has 65 heavy (non-hydrogen) atoms. The number of rotatable bonds is 53. The molecule has 0 saturated heterocycles. The molecule has 0 aliphatic heterocycles. The Kier molecular flexibility index (Phi) is 50.7. The second kappa shape index (κ2) is 51.9. The second-order valence-corrected chi connectivity index (χ2v) is 20.3. The van der Waals surface area contributed by atoms with Crippen LogP contribution in [0.1, 0.15) is 284 Å². The zero-order valence-electron chi connectivity index (χ0n) is 42.7. The molecule has 0 fully saturated rings. The van der Waals surface area contributed by atoms with Crippen LogP contribution >= 0.6 is 7.82 Å². The number of ether oxygens (including phenoxy) is 2. The van der Waals surface area contributed by atoms with Gasteiger partial charge in [-0.25, -0.2) is 4.57 Å². The molecular weight excluding hydrogens is 834 g/mol. The molecule has 0 aliphatic rings. The fourth-order valence-corrected chi connectivity index (χ4v) is 8.92. The Morgan fingerprint density at radius 1 is 0.446 bits per heavy atom. The summed E-state index contributed by atoms with van der Waals surface area (Å²) in [5.74, 6) is -0.825. The van der Waals surface area contributed by atoms with Gasteiger partial charge in [0.2, 0.25) is 0 Å². The fraction of sp³-hybridized carbons (Fsp3) is 0.891. The molecular formula is C55H106NO8P. The van der Waals surface area contributed by atoms with E-state index in [1.807, 2.05) is 0 Å². The number of hydrogen-bond acceptors (Lipinski definition) is 8. The monoisotopic (exact) mass is 940 g/mol. The number of esters is 2. The molecule has 10 heteroatoms. The summed E-state index contributed by atoms with van der Waals surface area (Å²) in [7, 11) is -4.38. The lowest BCUT2D eigenvalue weighted by Crippen LogP contribution is -2.29. The molecule has 0 spiro atoms. The van der Waals surface area contributed by atoms with Crippen molar-refractivity contribution in [2.75, 3.05) is 26.4 Å². The van der Waals surface area contributed by atoms with Crippen LogP contribution in [-0.2, 0) is 32.7 Å². The third kappa shape index (κ3) is 51.7. The van der Waals surface area contributed by atoms with Gasteiger partial charge in [-0.3, -0.25) is 18.6 Å². The van der Waals surface area contributed by atoms with E-state index >= 15 is 0 Å². The molecule has 0 rings (SSSR count). The van der Waals surface area contributed by atoms with E-state index in [1.165, 1.54) is 199 Å². The number of carbonyl (C=O) groups excluding carboxylic acids is 2. The summed E-state index contributed by atoms with van der Waals surface area (Å²) < 4.78 is 32.9. The third-order valence-electron chi connectivity index (χ3n) is 12.3. The minimum atomic E-state index is -4.38. The summed E-state index contributed by atoms with van der Waals surface area (Å²) in [6.07, 6.45) is 59.6. The van der Waals surface area contributed by atoms with Crippen molar-refractivity contribution in [1.82, 2.24) is 0 Å². The topological polar surface area (TPSA) is 134 Å². The Morgan fingerprint density at radius 3 is 1.11 bits per heavy atom. The number of unbranched alkanes of at least 4 members (excludes halogenated alkanes) is 36. The first-order valence-corrected chi connectivity index (χ1v) is 29.3. The summed E-state index contributed by atoms with van der Waals surface area (Å²) in [4.78, 5) is 35.0. The SMILES string of the molecule is CCCCCC/C=C\CCCCCCCC(=O)OCC(COP(=O)(O)OCCN)OC(=O)CCCCCCCCCCCCCCCCCCCCC/C=C\CCCCCCCCCC. The Bertz CT molecular complexity index is 1120. The molecule has 0 aliphatic carbocycles. The van der Waals surface area contributed by atoms with E-state index in [9.17, 15) is 19.0 Å². The second-order valence-electron chi connectivity index (χ2n) is 18.8. The van der Waals surface area contributed by atoms with Gasteiger partial charge in [0, 0.05) is 19.4 Å². The number of nitrogens with two attached hydrogens (primary N) is 1. The third-order valence-corrected chi connectivity index (χ3v) is 13.3. The van der Waals surface area contributed by atoms with Gasteiger partial charge in [-0.1, -0.05) is 231 Å². The highest BCUT2D eigenvalue weighted by Crippen LogP contribution is 2.43. The van der Waals surface area contributed by atoms with Crippen molar-refractivity contribution in [2.45, 2.75) is 290 Å². The highest BCUT2D eigenvalue weighted by molar-refractivity contribution is 7.47. The van der Waals surface area contributed by atoms with Crippen molar-refractivity contribution in [3.05, 3.63) is 24.3 Å². The molecule has 384 valence electrons. The lowest BCUT2D eigenvalue weighted by atomic mass is 10.0. The number of phosphoric acid groups is 1. The number of phosphoric ester groups is 1. The van der Waals surface area contributed by atoms with Crippen LogP contribution in [0, 0.1) is 0 Å². The lowest BCUT2D eigenvalue weighted by molar-refractivity contribution is -0.161. The molecule has 0 aromatic heterocycles. The van der Waals surface area contributed by atoms with Crippen molar-refractivity contribution < 1.29 is 37.6 Å². The summed E-state index contributed by atoms with van der Waals surface area (Å²) in [6, 6.07) is 0. The Hall–Kier alpha value is -1.51. The number of carbonyl (C=O) groups is 2. The van der Waals surface area contributed by atoms with Crippen molar-refractivity contribution in [3.63, 3.8) is 0 Å². The van der Waals surface area contributed by atoms with E-state index in [1.54, 1.807) is 0 Å². The van der Waals surface area contributed by atoms with Crippen LogP contribution in [0.15, 0.2) is 24.3 Å². The zero-order valence-corrected chi connectivity index (χ0v) is 43.6. The predicted octanol–water partition coefficient (Wildman–Crippen LogP) is 17.1. The van der Waals surface area contributed by atoms with Gasteiger partial charge in [-0.05, 0) is 64.2 Å². The molecule has 3 N–H and O–H groups in total. The summed E-state index contributed by atoms with van der Waals surface area (Å²) in [6.45, 7) is 3.75. The molecule has 0 saturated carbocycles. The van der Waals surface area contributed by atoms with Gasteiger partial charge in [-0.15, -0.1) is 0 Å². The predicted molar refractivity (Wildman–Crippen MR) is 275 cm³/mol. The Balaban J connectivity index is 3.85. The van der Waals surface area contributed by atoms with Crippen LogP contribution in [0.3, 0.4) is 0 Å². The first-order valence-electron chi connectivity index (χ1n) is 27.8. The van der Waals surface area contributed by atoms with Crippen LogP contribution < -0.4 is 5.73 Å². The summed E-state index contributed by atoms with van der Waals surface area (Å²) >= 11 is 0. The van der Waals surface area contributed by atoms with Gasteiger partial charge in [-0.2, -0.15) is 0 Å². The van der Waals surface area contributed by atoms with Gasteiger partial charge in [0.1, 0.15) is 6.61 Å². The van der Waals surface area contributed by atoms with Crippen LogP contribution in [0.25, 0.3) is 0 Å². The normalized spacial score (nSPS) is 13.2. The van der Waals surface area contributed by atoms with Crippen molar-refractivity contribution in [2.24, 2.45) is 5.73 Å². The molecule has 0 aromatic rings. The molecule has 9 nitrogen and oxygen atoms in total. The van der Waals surface area contributed by atoms with Gasteiger partial charge in [0.05, 0.1) is 13.2 Å². The molecule has 0 heterocycles. The smallest absolute Gasteiger partial charge is 0.462 e. The molecule has 2 atom stereocenters. The lowest BCUT2D eigenvalue weighted by Gasteiger charge is -2.19. The fourth-order valence-electron chi connectivity index (χ4n) is 8.16. The van der Waals surface area contributed by atoms with E-state index in [0.29, 0.717) is 6.42 Å². The van der Waals surface area contributed by atoms with Gasteiger partial charge in [0.25, 0.3) is 0 Å². The van der Waals surface area contributed by atoms with Gasteiger partial charge >= 0.3 is 19.8 Å². The maximum Gasteiger partial charge on any atom is 0.472 e. The Morgan fingerprint density at radius 2 is 0.754 bits per heavy atom. The first-order chi connectivity index (χ1) is 31.8. The largest absolute Gasteiger partial charge is 0.472 e. The summed E-state index contributed by atoms with van der Waals surface area (Å²) in [5.41, 5.74) is 5.37. The van der Waals surface area contributed by atoms with Crippen molar-refractivity contribution in [1.29, 1.82) is 0 Å². The van der Waals surface area contributed by atoms with E-state index in [4.69, 9.17) is 24.3 Å². The van der Waals surface area contributed by atoms with Gasteiger partial charge < -0.3 is 20.1 Å². The van der Waals surface area contributed by atoms with Crippen LogP contribution in [0.5, 0.6) is 0 Å². The van der Waals surface area contributed by atoms with E-state index in [2.05, 4.69) is 38.2 Å². The average molecular weight is 940 g/mol. The minimum absolute atomic E-state index is 0.0544. The molecule has 0 amide bonds. The van der Waals surface area contributed by atoms with Crippen molar-refractivity contribution >= 4 is 19.8 Å². The van der Waals surface area contributed by atoms with E-state index in [-0.39, 0.29) is 38.6 Å². The van der Waals surface area contributed by atoms with E-state index in [0.717, 1.165) is 51.4 Å². The highest BCUT2D eigenvalue weighted by atomic mass is 31.2. The standard InChI is InChI=1S/C55H106NO8P/c1-3-5-7-9-11-13-15-17-18-19-20-21-22-23-24-25-26-27-28-29-30-31-32-33-34-36-38-40-42-44-46-48-55(58)64-53(52-63-65(59,60)62-50-49-56)51-61-54(57)47-45-43-41-39-37-35-16-14-12-10-8-6-4-2/h14,16,19-20,53H,3-13,15,17-18,21-52,56H2,1-2H3,(H,59,60)/b16-14-,20-19-. The Labute approximate surface area is 402 Å². The number of allylic oxidation sites excluding steroid dienone is 4.